The van der Waals surface area contributed by atoms with Crippen LogP contribution in [0.4, 0.5) is 17.2 Å². The number of pyridine rings is 2. The smallest absolute Gasteiger partial charge is 0.257 e. The van der Waals surface area contributed by atoms with Gasteiger partial charge in [0.05, 0.1) is 17.4 Å². The van der Waals surface area contributed by atoms with Crippen LogP contribution in [0.3, 0.4) is 0 Å². The van der Waals surface area contributed by atoms with Crippen LogP contribution in [0, 0.1) is 0 Å². The molecule has 0 spiro atoms. The Balaban J connectivity index is 1.54. The molecule has 0 aliphatic carbocycles. The van der Waals surface area contributed by atoms with Crippen molar-refractivity contribution in [2.24, 2.45) is 0 Å². The van der Waals surface area contributed by atoms with E-state index < -0.39 is 0 Å². The maximum atomic E-state index is 12.3. The van der Waals surface area contributed by atoms with Crippen molar-refractivity contribution in [3.05, 3.63) is 78.2 Å². The van der Waals surface area contributed by atoms with Crippen LogP contribution in [0.15, 0.2) is 67.1 Å². The third-order valence-corrected chi connectivity index (χ3v) is 4.32. The van der Waals surface area contributed by atoms with E-state index in [2.05, 4.69) is 38.4 Å². The van der Waals surface area contributed by atoms with Gasteiger partial charge in [0.2, 0.25) is 0 Å². The van der Waals surface area contributed by atoms with Gasteiger partial charge in [-0.15, -0.1) is 0 Å². The van der Waals surface area contributed by atoms with Crippen LogP contribution in [-0.2, 0) is 6.42 Å². The van der Waals surface area contributed by atoms with Gasteiger partial charge in [0.1, 0.15) is 5.82 Å². The predicted molar refractivity (Wildman–Crippen MR) is 98.2 cm³/mol. The van der Waals surface area contributed by atoms with Crippen LogP contribution in [0.2, 0.25) is 0 Å². The number of benzene rings is 1. The lowest BCUT2D eigenvalue weighted by Gasteiger charge is -2.30. The van der Waals surface area contributed by atoms with E-state index in [-0.39, 0.29) is 5.91 Å². The van der Waals surface area contributed by atoms with E-state index >= 15 is 0 Å². The Morgan fingerprint density at radius 2 is 1.96 bits per heavy atom. The molecule has 1 aliphatic rings. The number of aryl methyl sites for hydroxylation is 1. The van der Waals surface area contributed by atoms with E-state index in [9.17, 15) is 4.79 Å². The number of aromatic nitrogens is 2. The summed E-state index contributed by atoms with van der Waals surface area (Å²) in [5.74, 6) is 0.677. The molecule has 124 valence electrons. The highest BCUT2D eigenvalue weighted by Crippen LogP contribution is 2.32. The molecule has 1 aromatic carbocycles. The Morgan fingerprint density at radius 1 is 1.04 bits per heavy atom. The van der Waals surface area contributed by atoms with Crippen molar-refractivity contribution in [2.75, 3.05) is 16.8 Å². The molecule has 0 atom stereocenters. The Bertz CT molecular complexity index is 878. The highest BCUT2D eigenvalue weighted by atomic mass is 16.1. The molecule has 5 nitrogen and oxygen atoms in total. The average Bonchev–Trinajstić information content (AvgIpc) is 2.68. The van der Waals surface area contributed by atoms with Gasteiger partial charge in [0, 0.05) is 24.6 Å². The zero-order valence-electron chi connectivity index (χ0n) is 13.7. The highest BCUT2D eigenvalue weighted by molar-refractivity contribution is 6.04. The minimum Gasteiger partial charge on any atom is -0.326 e. The summed E-state index contributed by atoms with van der Waals surface area (Å²) in [6.07, 6.45) is 7.10. The Hall–Kier alpha value is -3.21. The molecular formula is C20H18N4O. The molecule has 0 saturated carbocycles. The Labute approximate surface area is 146 Å². The van der Waals surface area contributed by atoms with Crippen molar-refractivity contribution < 1.29 is 4.79 Å². The summed E-state index contributed by atoms with van der Waals surface area (Å²) in [6, 6.07) is 15.7. The number of carbonyl (C=O) groups excluding carboxylic acids is 1. The van der Waals surface area contributed by atoms with E-state index in [1.54, 1.807) is 30.7 Å². The second-order valence-corrected chi connectivity index (χ2v) is 5.98. The fourth-order valence-electron chi connectivity index (χ4n) is 3.09. The third-order valence-electron chi connectivity index (χ3n) is 4.32. The van der Waals surface area contributed by atoms with Crippen molar-refractivity contribution in [1.29, 1.82) is 0 Å². The summed E-state index contributed by atoms with van der Waals surface area (Å²) < 4.78 is 0. The molecule has 1 amide bonds. The van der Waals surface area contributed by atoms with E-state index in [4.69, 9.17) is 0 Å². The highest BCUT2D eigenvalue weighted by Gasteiger charge is 2.19. The third kappa shape index (κ3) is 3.21. The van der Waals surface area contributed by atoms with E-state index in [1.165, 1.54) is 11.3 Å². The Morgan fingerprint density at radius 3 is 2.76 bits per heavy atom. The van der Waals surface area contributed by atoms with Gasteiger partial charge in [-0.05, 0) is 48.7 Å². The number of rotatable bonds is 3. The van der Waals surface area contributed by atoms with E-state index in [0.717, 1.165) is 25.2 Å². The normalized spacial score (nSPS) is 13.2. The van der Waals surface area contributed by atoms with Crippen molar-refractivity contribution in [3.8, 4) is 0 Å². The largest absolute Gasteiger partial charge is 0.326 e. The zero-order valence-corrected chi connectivity index (χ0v) is 13.7. The SMILES string of the molecule is O=C(Nc1cccnc1)c1ccc(N2CCCc3ccccc32)nc1. The maximum absolute atomic E-state index is 12.3. The van der Waals surface area contributed by atoms with Crippen LogP contribution in [0.5, 0.6) is 0 Å². The monoisotopic (exact) mass is 330 g/mol. The van der Waals surface area contributed by atoms with Crippen LogP contribution in [0.25, 0.3) is 0 Å². The topological polar surface area (TPSA) is 58.1 Å². The molecule has 4 rings (SSSR count). The second-order valence-electron chi connectivity index (χ2n) is 5.98. The summed E-state index contributed by atoms with van der Waals surface area (Å²) in [5, 5.41) is 2.82. The van der Waals surface area contributed by atoms with Crippen LogP contribution in [-0.4, -0.2) is 22.4 Å². The van der Waals surface area contributed by atoms with Gasteiger partial charge in [-0.25, -0.2) is 4.98 Å². The summed E-state index contributed by atoms with van der Waals surface area (Å²) in [4.78, 5) is 23.0. The molecule has 2 aromatic heterocycles. The minimum atomic E-state index is -0.189. The molecule has 25 heavy (non-hydrogen) atoms. The fraction of sp³-hybridized carbons (Fsp3) is 0.150. The molecule has 0 radical (unpaired) electrons. The van der Waals surface area contributed by atoms with Crippen molar-refractivity contribution >= 4 is 23.1 Å². The summed E-state index contributed by atoms with van der Waals surface area (Å²) in [5.41, 5.74) is 3.74. The fourth-order valence-corrected chi connectivity index (χ4v) is 3.09. The van der Waals surface area contributed by atoms with Gasteiger partial charge in [-0.3, -0.25) is 9.78 Å². The van der Waals surface area contributed by atoms with Gasteiger partial charge in [0.15, 0.2) is 0 Å². The standard InChI is InChI=1S/C20H18N4O/c25-20(23-17-7-3-11-21-14-17)16-9-10-19(22-13-16)24-12-4-6-15-5-1-2-8-18(15)24/h1-3,5,7-11,13-14H,4,6,12H2,(H,23,25). The van der Waals surface area contributed by atoms with Gasteiger partial charge in [0.25, 0.3) is 5.91 Å². The van der Waals surface area contributed by atoms with E-state index in [1.807, 2.05) is 18.2 Å². The number of nitrogens with one attached hydrogen (secondary N) is 1. The maximum Gasteiger partial charge on any atom is 0.257 e. The molecule has 3 heterocycles. The van der Waals surface area contributed by atoms with Crippen LogP contribution in [0.1, 0.15) is 22.3 Å². The van der Waals surface area contributed by atoms with Crippen molar-refractivity contribution in [3.63, 3.8) is 0 Å². The minimum absolute atomic E-state index is 0.189. The molecule has 5 heteroatoms. The van der Waals surface area contributed by atoms with Gasteiger partial charge < -0.3 is 10.2 Å². The van der Waals surface area contributed by atoms with E-state index in [0.29, 0.717) is 11.3 Å². The number of carbonyl (C=O) groups is 1. The first-order valence-corrected chi connectivity index (χ1v) is 8.34. The molecule has 1 N–H and O–H groups in total. The first-order valence-electron chi connectivity index (χ1n) is 8.34. The quantitative estimate of drug-likeness (QED) is 0.793. The molecule has 1 aliphatic heterocycles. The van der Waals surface area contributed by atoms with Crippen LogP contribution < -0.4 is 10.2 Å². The van der Waals surface area contributed by atoms with Gasteiger partial charge in [-0.2, -0.15) is 0 Å². The van der Waals surface area contributed by atoms with Crippen molar-refractivity contribution in [1.82, 2.24) is 9.97 Å². The zero-order chi connectivity index (χ0) is 17.1. The van der Waals surface area contributed by atoms with Gasteiger partial charge >= 0.3 is 0 Å². The number of para-hydroxylation sites is 1. The first kappa shape index (κ1) is 15.3. The summed E-state index contributed by atoms with van der Waals surface area (Å²) in [6.45, 7) is 0.936. The average molecular weight is 330 g/mol. The number of fused-ring (bicyclic) bond motifs is 1. The summed E-state index contributed by atoms with van der Waals surface area (Å²) in [7, 11) is 0. The first-order chi connectivity index (χ1) is 12.3. The lowest BCUT2D eigenvalue weighted by molar-refractivity contribution is 0.102. The number of hydrogen-bond donors (Lipinski definition) is 1. The molecular weight excluding hydrogens is 312 g/mol. The number of amides is 1. The number of hydrogen-bond acceptors (Lipinski definition) is 4. The lowest BCUT2D eigenvalue weighted by atomic mass is 10.0. The molecule has 3 aromatic rings. The molecule has 0 saturated heterocycles. The number of nitrogens with zero attached hydrogens (tertiary/aromatic N) is 3. The Kier molecular flexibility index (Phi) is 4.12. The van der Waals surface area contributed by atoms with Crippen molar-refractivity contribution in [2.45, 2.75) is 12.8 Å². The molecule has 0 bridgehead atoms. The molecule has 0 unspecified atom stereocenters. The summed E-state index contributed by atoms with van der Waals surface area (Å²) >= 11 is 0. The van der Waals surface area contributed by atoms with Crippen LogP contribution >= 0.6 is 0 Å². The van der Waals surface area contributed by atoms with Gasteiger partial charge in [-0.1, -0.05) is 18.2 Å². The molecule has 0 fully saturated rings. The second kappa shape index (κ2) is 6.73. The predicted octanol–water partition coefficient (Wildman–Crippen LogP) is 3.81. The lowest BCUT2D eigenvalue weighted by Crippen LogP contribution is -2.25. The number of anilines is 3.